The molecule has 8 heteroatoms. The Morgan fingerprint density at radius 2 is 1.95 bits per heavy atom. The molecular weight excluding hydrogens is 288 g/mol. The van der Waals surface area contributed by atoms with Crippen LogP contribution in [-0.4, -0.2) is 60.1 Å². The van der Waals surface area contributed by atoms with Crippen LogP contribution in [0, 0.1) is 0 Å². The summed E-state index contributed by atoms with van der Waals surface area (Å²) in [4.78, 5) is 29.0. The van der Waals surface area contributed by atoms with Crippen molar-refractivity contribution in [3.05, 3.63) is 0 Å². The monoisotopic (exact) mass is 316 g/mol. The Balaban J connectivity index is 3.90. The normalized spacial score (nSPS) is 12.7. The van der Waals surface area contributed by atoms with E-state index in [4.69, 9.17) is 15.7 Å². The molecule has 1 amide bonds. The zero-order valence-corrected chi connectivity index (χ0v) is 13.7. The predicted molar refractivity (Wildman–Crippen MR) is 83.6 cm³/mol. The van der Waals surface area contributed by atoms with E-state index in [0.717, 1.165) is 6.42 Å². The van der Waals surface area contributed by atoms with Crippen molar-refractivity contribution in [2.24, 2.45) is 10.7 Å². The van der Waals surface area contributed by atoms with Gasteiger partial charge in [-0.3, -0.25) is 25.3 Å². The minimum absolute atomic E-state index is 0.216. The lowest BCUT2D eigenvalue weighted by Gasteiger charge is -2.19. The van der Waals surface area contributed by atoms with Crippen LogP contribution in [0.15, 0.2) is 4.99 Å². The molecule has 0 fully saturated rings. The van der Waals surface area contributed by atoms with Crippen molar-refractivity contribution in [3.63, 3.8) is 0 Å². The van der Waals surface area contributed by atoms with Gasteiger partial charge in [0.15, 0.2) is 6.61 Å². The van der Waals surface area contributed by atoms with Crippen LogP contribution in [0.3, 0.4) is 0 Å². The first-order valence-corrected chi connectivity index (χ1v) is 7.57. The molecule has 1 atom stereocenters. The second kappa shape index (κ2) is 11.9. The second-order valence-electron chi connectivity index (χ2n) is 4.85. The third kappa shape index (κ3) is 8.58. The molecule has 0 saturated heterocycles. The van der Waals surface area contributed by atoms with E-state index in [0.29, 0.717) is 38.3 Å². The van der Waals surface area contributed by atoms with Gasteiger partial charge in [-0.25, -0.2) is 0 Å². The number of hydrogen-bond donors (Lipinski definition) is 3. The molecule has 0 radical (unpaired) electrons. The van der Waals surface area contributed by atoms with Gasteiger partial charge in [-0.1, -0.05) is 0 Å². The molecule has 0 unspecified atom stereocenters. The van der Waals surface area contributed by atoms with Gasteiger partial charge >= 0.3 is 5.97 Å². The van der Waals surface area contributed by atoms with Crippen LogP contribution < -0.4 is 11.2 Å². The van der Waals surface area contributed by atoms with Crippen LogP contribution in [0.2, 0.25) is 0 Å². The minimum atomic E-state index is -0.731. The third-order valence-corrected chi connectivity index (χ3v) is 3.19. The van der Waals surface area contributed by atoms with E-state index >= 15 is 0 Å². The summed E-state index contributed by atoms with van der Waals surface area (Å²) in [7, 11) is 0. The fraction of sp³-hybridized carbons (Fsp3) is 0.786. The lowest BCUT2D eigenvalue weighted by atomic mass is 10.1. The number of unbranched alkanes of at least 4 members (excludes halogenated alkanes) is 1. The Kier molecular flexibility index (Phi) is 11.0. The fourth-order valence-electron chi connectivity index (χ4n) is 1.78. The number of hydroxylamine groups is 1. The number of nitrogens with one attached hydrogen (secondary N) is 1. The maximum absolute atomic E-state index is 11.7. The summed E-state index contributed by atoms with van der Waals surface area (Å²) in [5.41, 5.74) is 7.67. The number of nitrogens with zero attached hydrogens (tertiary/aromatic N) is 2. The van der Waals surface area contributed by atoms with E-state index in [9.17, 15) is 9.59 Å². The molecule has 0 aliphatic rings. The van der Waals surface area contributed by atoms with Gasteiger partial charge in [0.25, 0.3) is 5.91 Å². The number of rotatable bonds is 10. The van der Waals surface area contributed by atoms with Gasteiger partial charge < -0.3 is 15.4 Å². The first kappa shape index (κ1) is 20.3. The first-order chi connectivity index (χ1) is 10.5. The maximum atomic E-state index is 11.7. The van der Waals surface area contributed by atoms with Crippen LogP contribution >= 0.6 is 0 Å². The fourth-order valence-corrected chi connectivity index (χ4v) is 1.78. The van der Waals surface area contributed by atoms with E-state index in [1.165, 1.54) is 0 Å². The van der Waals surface area contributed by atoms with Gasteiger partial charge in [-0.15, -0.1) is 0 Å². The van der Waals surface area contributed by atoms with Crippen molar-refractivity contribution in [1.82, 2.24) is 10.4 Å². The molecular formula is C14H28N4O4. The number of hydrogen-bond acceptors (Lipinski definition) is 6. The van der Waals surface area contributed by atoms with Crippen molar-refractivity contribution in [1.29, 1.82) is 0 Å². The lowest BCUT2D eigenvalue weighted by Crippen LogP contribution is -2.38. The van der Waals surface area contributed by atoms with Gasteiger partial charge in [0.2, 0.25) is 0 Å². The number of likely N-dealkylation sites (N-methyl/N-ethyl adjacent to an activating group) is 1. The molecule has 0 aromatic carbocycles. The van der Waals surface area contributed by atoms with Crippen molar-refractivity contribution < 1.29 is 19.5 Å². The Hall–Kier alpha value is -1.67. The van der Waals surface area contributed by atoms with Crippen molar-refractivity contribution in [3.8, 4) is 0 Å². The average molecular weight is 316 g/mol. The minimum Gasteiger partial charge on any atom is -0.454 e. The number of aliphatic imine (C=N–C) groups is 1. The van der Waals surface area contributed by atoms with Crippen LogP contribution in [0.4, 0.5) is 0 Å². The predicted octanol–water partition coefficient (Wildman–Crippen LogP) is 0.293. The smallest absolute Gasteiger partial charge is 0.323 e. The Labute approximate surface area is 131 Å². The Morgan fingerprint density at radius 1 is 1.32 bits per heavy atom. The summed E-state index contributed by atoms with van der Waals surface area (Å²) in [6.45, 7) is 6.83. The van der Waals surface area contributed by atoms with Crippen LogP contribution in [0.25, 0.3) is 0 Å². The van der Waals surface area contributed by atoms with Gasteiger partial charge in [0.1, 0.15) is 11.9 Å². The highest BCUT2D eigenvalue weighted by Gasteiger charge is 2.17. The summed E-state index contributed by atoms with van der Waals surface area (Å²) >= 11 is 0. The van der Waals surface area contributed by atoms with E-state index in [2.05, 4.69) is 4.99 Å². The molecule has 0 heterocycles. The molecule has 0 aromatic heterocycles. The van der Waals surface area contributed by atoms with E-state index in [1.54, 1.807) is 11.8 Å². The number of ether oxygens (including phenoxy) is 1. The first-order valence-electron chi connectivity index (χ1n) is 7.57. The Bertz CT molecular complexity index is 370. The zero-order valence-electron chi connectivity index (χ0n) is 13.7. The average Bonchev–Trinajstić information content (AvgIpc) is 2.52. The molecule has 8 nitrogen and oxygen atoms in total. The zero-order chi connectivity index (χ0) is 17.0. The highest BCUT2D eigenvalue weighted by Crippen LogP contribution is 2.02. The second-order valence-corrected chi connectivity index (χ2v) is 4.85. The molecule has 0 aromatic rings. The molecule has 0 bridgehead atoms. The molecule has 0 aliphatic heterocycles. The molecule has 0 aliphatic carbocycles. The van der Waals surface area contributed by atoms with Crippen molar-refractivity contribution in [2.45, 2.75) is 46.1 Å². The van der Waals surface area contributed by atoms with Gasteiger partial charge in [-0.05, 0) is 40.0 Å². The molecule has 4 N–H and O–H groups in total. The molecule has 128 valence electrons. The van der Waals surface area contributed by atoms with Gasteiger partial charge in [0.05, 0.1) is 0 Å². The van der Waals surface area contributed by atoms with Crippen LogP contribution in [0.5, 0.6) is 0 Å². The molecule has 0 rings (SSSR count). The summed E-state index contributed by atoms with van der Waals surface area (Å²) < 4.78 is 4.94. The number of amides is 1. The summed E-state index contributed by atoms with van der Waals surface area (Å²) in [5, 5.41) is 8.54. The number of nitrogens with two attached hydrogens (primary N) is 1. The Morgan fingerprint density at radius 3 is 2.50 bits per heavy atom. The highest BCUT2D eigenvalue weighted by atomic mass is 16.5. The quantitative estimate of drug-likeness (QED) is 0.175. The maximum Gasteiger partial charge on any atom is 0.323 e. The largest absolute Gasteiger partial charge is 0.454 e. The summed E-state index contributed by atoms with van der Waals surface area (Å²) in [5.74, 6) is -0.331. The lowest BCUT2D eigenvalue weighted by molar-refractivity contribution is -0.153. The van der Waals surface area contributed by atoms with E-state index in [1.807, 2.05) is 19.3 Å². The van der Waals surface area contributed by atoms with Crippen molar-refractivity contribution >= 4 is 17.7 Å². The molecule has 22 heavy (non-hydrogen) atoms. The van der Waals surface area contributed by atoms with Gasteiger partial charge in [0, 0.05) is 19.6 Å². The summed E-state index contributed by atoms with van der Waals surface area (Å²) in [6, 6.07) is -0.731. The standard InChI is InChI=1S/C14H28N4O4/c1-4-18(5-2)13(19)10-22-14(20)12(15)8-6-7-9-16-11(3)17-21/h12,21H,4-10,15H2,1-3H3,(H,16,17)/t12-/m0/s1. The van der Waals surface area contributed by atoms with Gasteiger partial charge in [-0.2, -0.15) is 0 Å². The summed E-state index contributed by atoms with van der Waals surface area (Å²) in [6.07, 6.45) is 1.93. The number of amidine groups is 1. The van der Waals surface area contributed by atoms with E-state index < -0.39 is 12.0 Å². The van der Waals surface area contributed by atoms with E-state index in [-0.39, 0.29) is 12.5 Å². The topological polar surface area (TPSA) is 117 Å². The number of carbonyl (C=O) groups excluding carboxylic acids is 2. The number of esters is 1. The molecule has 0 spiro atoms. The van der Waals surface area contributed by atoms with Crippen molar-refractivity contribution in [2.75, 3.05) is 26.2 Å². The van der Waals surface area contributed by atoms with Crippen LogP contribution in [0.1, 0.15) is 40.0 Å². The molecule has 0 saturated carbocycles. The SMILES string of the molecule is CCN(CC)C(=O)COC(=O)[C@@H](N)CCCCN=C(C)NO. The number of carbonyl (C=O) groups is 2. The third-order valence-electron chi connectivity index (χ3n) is 3.19. The highest BCUT2D eigenvalue weighted by molar-refractivity contribution is 5.82. The van der Waals surface area contributed by atoms with Crippen LogP contribution in [-0.2, 0) is 14.3 Å².